The highest BCUT2D eigenvalue weighted by atomic mass is 127. The smallest absolute Gasteiger partial charge is 0.193 e. The van der Waals surface area contributed by atoms with E-state index in [2.05, 4.69) is 51.6 Å². The minimum Gasteiger partial charge on any atom is -0.384 e. The first-order valence-corrected chi connectivity index (χ1v) is 9.92. The first-order chi connectivity index (χ1) is 13.8. The quantitative estimate of drug-likeness (QED) is 0.331. The average molecular weight is 509 g/mol. The van der Waals surface area contributed by atoms with Gasteiger partial charge in [0.1, 0.15) is 0 Å². The van der Waals surface area contributed by atoms with Crippen LogP contribution in [0.4, 0.5) is 0 Å². The van der Waals surface area contributed by atoms with E-state index < -0.39 is 0 Å². The van der Waals surface area contributed by atoms with Gasteiger partial charge in [0.25, 0.3) is 0 Å². The lowest BCUT2D eigenvalue weighted by Gasteiger charge is -2.21. The molecule has 6 heteroatoms. The van der Waals surface area contributed by atoms with Gasteiger partial charge in [-0.3, -0.25) is 4.99 Å². The van der Waals surface area contributed by atoms with Crippen molar-refractivity contribution in [2.24, 2.45) is 10.9 Å². The number of halogens is 1. The van der Waals surface area contributed by atoms with Gasteiger partial charge in [-0.2, -0.15) is 0 Å². The van der Waals surface area contributed by atoms with Crippen molar-refractivity contribution >= 4 is 29.9 Å². The molecule has 5 nitrogen and oxygen atoms in total. The normalized spacial score (nSPS) is 16.6. The Morgan fingerprint density at radius 1 is 1.03 bits per heavy atom. The monoisotopic (exact) mass is 509 g/mol. The number of hydrogen-bond acceptors (Lipinski definition) is 3. The third kappa shape index (κ3) is 7.60. The molecule has 1 aliphatic heterocycles. The molecule has 158 valence electrons. The fourth-order valence-corrected chi connectivity index (χ4v) is 3.52. The van der Waals surface area contributed by atoms with Gasteiger partial charge in [-0.05, 0) is 23.1 Å². The second kappa shape index (κ2) is 12.8. The van der Waals surface area contributed by atoms with Crippen LogP contribution < -0.4 is 5.32 Å². The van der Waals surface area contributed by atoms with Crippen molar-refractivity contribution in [3.63, 3.8) is 0 Å². The van der Waals surface area contributed by atoms with Gasteiger partial charge in [0.2, 0.25) is 0 Å². The highest BCUT2D eigenvalue weighted by Gasteiger charge is 2.24. The van der Waals surface area contributed by atoms with Crippen LogP contribution in [0.2, 0.25) is 0 Å². The lowest BCUT2D eigenvalue weighted by atomic mass is 10.1. The van der Waals surface area contributed by atoms with Gasteiger partial charge in [0.05, 0.1) is 19.8 Å². The van der Waals surface area contributed by atoms with Gasteiger partial charge in [-0.15, -0.1) is 24.0 Å². The minimum atomic E-state index is 0. The largest absolute Gasteiger partial charge is 0.384 e. The van der Waals surface area contributed by atoms with E-state index in [4.69, 9.17) is 9.47 Å². The summed E-state index contributed by atoms with van der Waals surface area (Å²) in [6.07, 6.45) is 1.16. The van der Waals surface area contributed by atoms with Crippen molar-refractivity contribution in [1.82, 2.24) is 10.2 Å². The Morgan fingerprint density at radius 3 is 2.34 bits per heavy atom. The predicted molar refractivity (Wildman–Crippen MR) is 129 cm³/mol. The highest BCUT2D eigenvalue weighted by Crippen LogP contribution is 2.16. The van der Waals surface area contributed by atoms with Gasteiger partial charge in [0.15, 0.2) is 5.96 Å². The summed E-state index contributed by atoms with van der Waals surface area (Å²) in [5.41, 5.74) is 3.62. The zero-order valence-electron chi connectivity index (χ0n) is 17.3. The summed E-state index contributed by atoms with van der Waals surface area (Å²) in [7, 11) is 3.62. The molecule has 1 heterocycles. The Morgan fingerprint density at radius 2 is 1.69 bits per heavy atom. The van der Waals surface area contributed by atoms with Crippen molar-refractivity contribution in [1.29, 1.82) is 0 Å². The van der Waals surface area contributed by atoms with Crippen molar-refractivity contribution < 1.29 is 9.47 Å². The van der Waals surface area contributed by atoms with Crippen molar-refractivity contribution in [3.05, 3.63) is 71.3 Å². The highest BCUT2D eigenvalue weighted by molar-refractivity contribution is 14.0. The maximum Gasteiger partial charge on any atom is 0.193 e. The molecule has 0 radical (unpaired) electrons. The van der Waals surface area contributed by atoms with Gasteiger partial charge in [0, 0.05) is 39.7 Å². The van der Waals surface area contributed by atoms with Crippen LogP contribution in [0, 0.1) is 5.92 Å². The summed E-state index contributed by atoms with van der Waals surface area (Å²) in [6.45, 7) is 4.89. The van der Waals surface area contributed by atoms with E-state index in [1.807, 2.05) is 25.2 Å². The van der Waals surface area contributed by atoms with Gasteiger partial charge in [-0.25, -0.2) is 0 Å². The second-order valence-corrected chi connectivity index (χ2v) is 7.25. The summed E-state index contributed by atoms with van der Waals surface area (Å²) in [5, 5.41) is 3.48. The number of ether oxygens (including phenoxy) is 2. The molecular weight excluding hydrogens is 477 g/mol. The van der Waals surface area contributed by atoms with Gasteiger partial charge < -0.3 is 19.7 Å². The summed E-state index contributed by atoms with van der Waals surface area (Å²) in [6, 6.07) is 18.8. The Labute approximate surface area is 191 Å². The van der Waals surface area contributed by atoms with Crippen LogP contribution in [0.25, 0.3) is 0 Å². The van der Waals surface area contributed by atoms with E-state index in [9.17, 15) is 0 Å². The van der Waals surface area contributed by atoms with Crippen molar-refractivity contribution in [2.45, 2.75) is 26.2 Å². The minimum absolute atomic E-state index is 0. The molecule has 0 bridgehead atoms. The van der Waals surface area contributed by atoms with E-state index in [1.54, 1.807) is 7.11 Å². The van der Waals surface area contributed by atoms with E-state index >= 15 is 0 Å². The van der Waals surface area contributed by atoms with Crippen LogP contribution >= 0.6 is 24.0 Å². The number of nitrogens with zero attached hydrogens (tertiary/aromatic N) is 2. The Hall–Kier alpha value is -1.64. The van der Waals surface area contributed by atoms with Crippen LogP contribution in [0.3, 0.4) is 0 Å². The molecule has 1 fully saturated rings. The fourth-order valence-electron chi connectivity index (χ4n) is 3.52. The molecule has 0 aliphatic carbocycles. The van der Waals surface area contributed by atoms with Crippen LogP contribution in [0.15, 0.2) is 59.6 Å². The zero-order chi connectivity index (χ0) is 19.6. The molecule has 0 saturated carbocycles. The number of rotatable bonds is 8. The number of benzene rings is 2. The molecule has 3 rings (SSSR count). The lowest BCUT2D eigenvalue weighted by molar-refractivity contribution is 0.107. The topological polar surface area (TPSA) is 46.1 Å². The molecule has 1 N–H and O–H groups in total. The van der Waals surface area contributed by atoms with E-state index in [1.165, 1.54) is 16.7 Å². The fraction of sp³-hybridized carbons (Fsp3) is 0.435. The predicted octanol–water partition coefficient (Wildman–Crippen LogP) is 4.07. The first-order valence-electron chi connectivity index (χ1n) is 9.92. The third-order valence-electron chi connectivity index (χ3n) is 5.05. The average Bonchev–Trinajstić information content (AvgIpc) is 3.19. The molecule has 29 heavy (non-hydrogen) atoms. The lowest BCUT2D eigenvalue weighted by Crippen LogP contribution is -2.39. The summed E-state index contributed by atoms with van der Waals surface area (Å²) >= 11 is 0. The van der Waals surface area contributed by atoms with Crippen LogP contribution in [-0.2, 0) is 29.2 Å². The molecule has 0 amide bonds. The summed E-state index contributed by atoms with van der Waals surface area (Å²) in [5.74, 6) is 1.56. The van der Waals surface area contributed by atoms with Crippen LogP contribution in [0.1, 0.15) is 23.1 Å². The summed E-state index contributed by atoms with van der Waals surface area (Å²) in [4.78, 5) is 6.75. The molecule has 1 atom stereocenters. The molecule has 2 aromatic rings. The van der Waals surface area contributed by atoms with E-state index in [0.29, 0.717) is 19.1 Å². The SMILES string of the molecule is CN=C(NCc1ccc(COCc2ccccc2)cc1)N1CCC(COC)C1.I. The van der Waals surface area contributed by atoms with Crippen LogP contribution in [-0.4, -0.2) is 44.7 Å². The Bertz CT molecular complexity index is 738. The van der Waals surface area contributed by atoms with Crippen molar-refractivity contribution in [3.8, 4) is 0 Å². The number of guanidine groups is 1. The van der Waals surface area contributed by atoms with Crippen molar-refractivity contribution in [2.75, 3.05) is 33.9 Å². The number of hydrogen-bond donors (Lipinski definition) is 1. The first kappa shape index (κ1) is 23.6. The molecule has 1 unspecified atom stereocenters. The molecule has 1 saturated heterocycles. The molecule has 1 aliphatic rings. The second-order valence-electron chi connectivity index (χ2n) is 7.25. The third-order valence-corrected chi connectivity index (χ3v) is 5.05. The van der Waals surface area contributed by atoms with Gasteiger partial charge in [-0.1, -0.05) is 54.6 Å². The van der Waals surface area contributed by atoms with Crippen LogP contribution in [0.5, 0.6) is 0 Å². The standard InChI is InChI=1S/C23H31N3O2.HI/c1-24-23(26-13-12-22(15-26)16-27-2)25-14-19-8-10-21(11-9-19)18-28-17-20-6-4-3-5-7-20;/h3-11,22H,12-18H2,1-2H3,(H,24,25);1H. The Kier molecular flexibility index (Phi) is 10.5. The maximum atomic E-state index is 5.81. The number of likely N-dealkylation sites (tertiary alicyclic amines) is 1. The molecular formula is C23H32IN3O2. The maximum absolute atomic E-state index is 5.81. The number of aliphatic imine (C=N–C) groups is 1. The van der Waals surface area contributed by atoms with E-state index in [-0.39, 0.29) is 24.0 Å². The Balaban J connectivity index is 0.00000300. The zero-order valence-corrected chi connectivity index (χ0v) is 19.7. The molecule has 0 aromatic heterocycles. The molecule has 2 aromatic carbocycles. The van der Waals surface area contributed by atoms with E-state index in [0.717, 1.165) is 38.6 Å². The summed E-state index contributed by atoms with van der Waals surface area (Å²) < 4.78 is 11.1. The number of nitrogens with one attached hydrogen (secondary N) is 1. The molecule has 0 spiro atoms. The number of methoxy groups -OCH3 is 1. The van der Waals surface area contributed by atoms with Gasteiger partial charge >= 0.3 is 0 Å².